The highest BCUT2D eigenvalue weighted by atomic mass is 32.2. The molecule has 0 radical (unpaired) electrons. The van der Waals surface area contributed by atoms with Gasteiger partial charge in [0.15, 0.2) is 28.5 Å². The van der Waals surface area contributed by atoms with Crippen LogP contribution in [0.5, 0.6) is 28.7 Å². The van der Waals surface area contributed by atoms with E-state index in [2.05, 4.69) is 40.1 Å². The van der Waals surface area contributed by atoms with Crippen LogP contribution in [0.3, 0.4) is 0 Å². The summed E-state index contributed by atoms with van der Waals surface area (Å²) in [6, 6.07) is 7.23. The minimum absolute atomic E-state index is 0.0341. The number of aryl methyl sites for hydroxylation is 1. The molecule has 12 rings (SSSR count). The summed E-state index contributed by atoms with van der Waals surface area (Å²) in [7, 11) is 3.62. The van der Waals surface area contributed by atoms with E-state index in [1.807, 2.05) is 38.1 Å². The lowest BCUT2D eigenvalue weighted by Gasteiger charge is -2.61. The molecule has 2 fully saturated rings. The molecule has 8 aliphatic rings. The molecule has 8 aliphatic heterocycles. The molecule has 3 aromatic carbocycles. The lowest BCUT2D eigenvalue weighted by Crippen LogP contribution is -2.69. The number of nitrogens with zero attached hydrogens (tertiary/aromatic N) is 2. The van der Waals surface area contributed by atoms with Crippen LogP contribution >= 0.6 is 11.8 Å². The molecule has 4 bridgehead atoms. The third-order valence-corrected chi connectivity index (χ3v) is 14.6. The van der Waals surface area contributed by atoms with E-state index in [1.165, 1.54) is 18.7 Å². The first-order chi connectivity index (χ1) is 27.3. The molecule has 0 saturated carbocycles. The normalized spacial score (nSPS) is 30.9. The predicted octanol–water partition coefficient (Wildman–Crippen LogP) is 4.71. The summed E-state index contributed by atoms with van der Waals surface area (Å²) in [6.45, 7) is 7.81. The molecule has 298 valence electrons. The Hall–Kier alpha value is -4.96. The number of methoxy groups -OCH3 is 1. The second-order valence-corrected chi connectivity index (χ2v) is 17.7. The van der Waals surface area contributed by atoms with Crippen LogP contribution in [0.25, 0.3) is 10.9 Å². The van der Waals surface area contributed by atoms with Gasteiger partial charge in [-0.2, -0.15) is 0 Å². The van der Waals surface area contributed by atoms with Crippen LogP contribution in [0.2, 0.25) is 0 Å². The van der Waals surface area contributed by atoms with Crippen molar-refractivity contribution >= 4 is 40.6 Å². The highest BCUT2D eigenvalue weighted by molar-refractivity contribution is 7.99. The molecule has 14 nitrogen and oxygen atoms in total. The summed E-state index contributed by atoms with van der Waals surface area (Å²) in [6.07, 6.45) is 0.739. The molecule has 1 aromatic heterocycles. The number of fused-ring (bicyclic) bond motifs is 8. The number of aromatic nitrogens is 1. The Kier molecular flexibility index (Phi) is 7.99. The van der Waals surface area contributed by atoms with Crippen molar-refractivity contribution in [2.24, 2.45) is 0 Å². The number of phenols is 1. The standard InChI is InChI=1S/C42H44N4O10S/c1-18-11-21-13-41(4)15-45(5)30(27(21)32(48)33(18)52-6)31-37-29-28(36-35(54-17-55-36)19(2)34(29)56-20(3)47)26(46(31)41)14-53-40(51)42(16-57-37)38-23(12-25(44-42)39(49)50)22-9-7-8-10-24(22)43-38/h7-11,25-26,30-31,37,43-44,48H,12-17H2,1-6H3,(H,49,50)/t25-,26-,30-,31+,37+,41?,42+/m0/s1. The number of ether oxygens (including phenoxy) is 5. The topological polar surface area (TPSA) is 172 Å². The van der Waals surface area contributed by atoms with Gasteiger partial charge in [-0.15, -0.1) is 11.8 Å². The monoisotopic (exact) mass is 796 g/mol. The predicted molar refractivity (Wildman–Crippen MR) is 208 cm³/mol. The lowest BCUT2D eigenvalue weighted by atomic mass is 9.76. The SMILES string of the molecule is COc1c(C)cc2c(c1O)[C@H]1[C@@H]3[C@@H]4SC[C@]5(N[C@H](C(=O)O)Cc6c5[nH]c5ccccc65)C(=O)OC[C@@H](c5c6c(c(C)c(OC(C)=O)c54)OCO6)N3C(C)(C2)CN1C. The number of hydrogen-bond donors (Lipinski definition) is 4. The molecule has 4 aromatic rings. The average Bonchev–Trinajstić information content (AvgIpc) is 3.76. The van der Waals surface area contributed by atoms with Gasteiger partial charge in [-0.3, -0.25) is 24.7 Å². The van der Waals surface area contributed by atoms with Gasteiger partial charge in [0.1, 0.15) is 18.4 Å². The highest BCUT2D eigenvalue weighted by Gasteiger charge is 2.63. The number of nitrogens with one attached hydrogen (secondary N) is 2. The fourth-order valence-electron chi connectivity index (χ4n) is 11.2. The number of carbonyl (C=O) groups excluding carboxylic acids is 2. The largest absolute Gasteiger partial charge is 0.504 e. The van der Waals surface area contributed by atoms with Crippen molar-refractivity contribution in [1.29, 1.82) is 0 Å². The second-order valence-electron chi connectivity index (χ2n) is 16.5. The van der Waals surface area contributed by atoms with Crippen LogP contribution < -0.4 is 24.3 Å². The molecule has 8 atom stereocenters. The molecule has 57 heavy (non-hydrogen) atoms. The van der Waals surface area contributed by atoms with Gasteiger partial charge in [-0.05, 0) is 57.0 Å². The molecular weight excluding hydrogens is 753 g/mol. The summed E-state index contributed by atoms with van der Waals surface area (Å²) < 4.78 is 30.9. The summed E-state index contributed by atoms with van der Waals surface area (Å²) in [5, 5.41) is 26.3. The van der Waals surface area contributed by atoms with Crippen molar-refractivity contribution in [2.45, 2.75) is 81.0 Å². The van der Waals surface area contributed by atoms with Gasteiger partial charge in [0.2, 0.25) is 6.79 Å². The van der Waals surface area contributed by atoms with E-state index in [0.717, 1.165) is 44.3 Å². The van der Waals surface area contributed by atoms with E-state index in [1.54, 1.807) is 7.11 Å². The first kappa shape index (κ1) is 36.4. The molecule has 2 saturated heterocycles. The van der Waals surface area contributed by atoms with Crippen molar-refractivity contribution in [3.8, 4) is 28.7 Å². The van der Waals surface area contributed by atoms with E-state index in [0.29, 0.717) is 47.2 Å². The van der Waals surface area contributed by atoms with E-state index < -0.39 is 58.4 Å². The zero-order chi connectivity index (χ0) is 39.9. The number of hydrogen-bond acceptors (Lipinski definition) is 13. The maximum absolute atomic E-state index is 15.0. The third kappa shape index (κ3) is 4.91. The number of carboxylic acids is 1. The Labute approximate surface area is 332 Å². The number of likely N-dealkylation sites (N-methyl/N-ethyl adjacent to an activating group) is 1. The van der Waals surface area contributed by atoms with Crippen molar-refractivity contribution < 1.29 is 48.3 Å². The molecule has 15 heteroatoms. The number of H-pyrrole nitrogens is 1. The Morgan fingerprint density at radius 3 is 2.60 bits per heavy atom. The van der Waals surface area contributed by atoms with Crippen molar-refractivity contribution in [2.75, 3.05) is 39.9 Å². The van der Waals surface area contributed by atoms with Gasteiger partial charge in [-0.1, -0.05) is 24.3 Å². The first-order valence-electron chi connectivity index (χ1n) is 19.2. The van der Waals surface area contributed by atoms with E-state index in [4.69, 9.17) is 23.7 Å². The smallest absolute Gasteiger partial charge is 0.333 e. The number of piperazine rings is 1. The number of rotatable bonds is 3. The third-order valence-electron chi connectivity index (χ3n) is 13.1. The van der Waals surface area contributed by atoms with Crippen LogP contribution in [0.4, 0.5) is 0 Å². The van der Waals surface area contributed by atoms with Gasteiger partial charge in [0.05, 0.1) is 30.1 Å². The number of aromatic hydroxyl groups is 1. The maximum Gasteiger partial charge on any atom is 0.333 e. The molecule has 0 aliphatic carbocycles. The Balaban J connectivity index is 1.26. The number of benzene rings is 3. The van der Waals surface area contributed by atoms with E-state index in [9.17, 15) is 19.8 Å². The number of carboxylic acid groups (broad SMARTS) is 1. The number of aliphatic carboxylic acids is 1. The zero-order valence-electron chi connectivity index (χ0n) is 32.5. The number of phenolic OH excluding ortho intramolecular Hbond substituents is 1. The average molecular weight is 797 g/mol. The van der Waals surface area contributed by atoms with E-state index >= 15 is 4.79 Å². The summed E-state index contributed by atoms with van der Waals surface area (Å²) in [5.41, 5.74) is 4.58. The fraction of sp³-hybridized carbons (Fsp3) is 0.452. The Bertz CT molecular complexity index is 2450. The van der Waals surface area contributed by atoms with Crippen molar-refractivity contribution in [3.63, 3.8) is 0 Å². The van der Waals surface area contributed by atoms with Crippen molar-refractivity contribution in [3.05, 3.63) is 75.0 Å². The van der Waals surface area contributed by atoms with Crippen LogP contribution in [-0.4, -0.2) is 100 Å². The molecule has 4 N–H and O–H groups in total. The summed E-state index contributed by atoms with van der Waals surface area (Å²) in [4.78, 5) is 49.2. The minimum Gasteiger partial charge on any atom is -0.504 e. The van der Waals surface area contributed by atoms with Crippen LogP contribution in [-0.2, 0) is 37.5 Å². The van der Waals surface area contributed by atoms with Crippen LogP contribution in [0.15, 0.2) is 30.3 Å². The van der Waals surface area contributed by atoms with E-state index in [-0.39, 0.29) is 31.3 Å². The van der Waals surface area contributed by atoms with Gasteiger partial charge in [-0.25, -0.2) is 4.79 Å². The molecule has 1 spiro atoms. The van der Waals surface area contributed by atoms with Crippen molar-refractivity contribution in [1.82, 2.24) is 20.1 Å². The number of thioether (sulfide) groups is 1. The quantitative estimate of drug-likeness (QED) is 0.166. The van der Waals surface area contributed by atoms with Gasteiger partial charge >= 0.3 is 17.9 Å². The minimum atomic E-state index is -1.60. The fourth-order valence-corrected chi connectivity index (χ4v) is 12.8. The molecule has 9 heterocycles. The Morgan fingerprint density at radius 1 is 1.07 bits per heavy atom. The second kappa shape index (κ2) is 12.5. The first-order valence-corrected chi connectivity index (χ1v) is 20.2. The number of esters is 2. The molecular formula is C42H44N4O10S. The molecule has 0 amide bonds. The number of carbonyl (C=O) groups is 3. The summed E-state index contributed by atoms with van der Waals surface area (Å²) >= 11 is 1.48. The summed E-state index contributed by atoms with van der Waals surface area (Å²) in [5.74, 6) is -0.288. The lowest BCUT2D eigenvalue weighted by molar-refractivity contribution is -0.161. The highest BCUT2D eigenvalue weighted by Crippen LogP contribution is 2.65. The number of aromatic amines is 1. The Morgan fingerprint density at radius 2 is 1.84 bits per heavy atom. The van der Waals surface area contributed by atoms with Gasteiger partial charge in [0, 0.05) is 70.4 Å². The van der Waals surface area contributed by atoms with Gasteiger partial charge in [0.25, 0.3) is 0 Å². The zero-order valence-corrected chi connectivity index (χ0v) is 33.3. The van der Waals surface area contributed by atoms with Crippen LogP contribution in [0, 0.1) is 13.8 Å². The van der Waals surface area contributed by atoms with Crippen LogP contribution in [0.1, 0.15) is 75.8 Å². The maximum atomic E-state index is 15.0. The molecule has 2 unspecified atom stereocenters. The number of para-hydroxylation sites is 1. The van der Waals surface area contributed by atoms with Gasteiger partial charge < -0.3 is 38.9 Å².